The molecule has 1 atom stereocenters. The number of Topliss-reactive ketones (excluding diaryl/α,β-unsaturated/α-hetero) is 1. The molecule has 88 valence electrons. The van der Waals surface area contributed by atoms with Crippen molar-refractivity contribution in [1.29, 1.82) is 0 Å². The Morgan fingerprint density at radius 3 is 2.50 bits per heavy atom. The summed E-state index contributed by atoms with van der Waals surface area (Å²) in [5, 5.41) is 8.65. The van der Waals surface area contributed by atoms with Gasteiger partial charge in [0.1, 0.15) is 0 Å². The number of carbonyl (C=O) groups is 1. The van der Waals surface area contributed by atoms with Gasteiger partial charge in [-0.15, -0.1) is 0 Å². The molecule has 0 aromatic heterocycles. The third-order valence-electron chi connectivity index (χ3n) is 2.80. The van der Waals surface area contributed by atoms with Crippen LogP contribution in [0.3, 0.4) is 0 Å². The third-order valence-corrected chi connectivity index (χ3v) is 2.80. The number of hydrogen-bond acceptors (Lipinski definition) is 2. The van der Waals surface area contributed by atoms with Crippen LogP contribution in [-0.2, 0) is 0 Å². The minimum absolute atomic E-state index is 0.0843. The predicted molar refractivity (Wildman–Crippen MR) is 65.5 cm³/mol. The molecule has 0 bridgehead atoms. The number of benzene rings is 1. The Balaban J connectivity index is 2.37. The number of aliphatic hydroxyl groups excluding tert-OH is 1. The zero-order chi connectivity index (χ0) is 11.8. The molecule has 1 unspecified atom stereocenters. The molecular weight excluding hydrogens is 200 g/mol. The lowest BCUT2D eigenvalue weighted by atomic mass is 9.94. The largest absolute Gasteiger partial charge is 0.396 e. The summed E-state index contributed by atoms with van der Waals surface area (Å²) in [5.74, 6) is 0.311. The highest BCUT2D eigenvalue weighted by atomic mass is 16.2. The van der Waals surface area contributed by atoms with Gasteiger partial charge >= 0.3 is 0 Å². The molecular formula is C14H20O2. The second-order valence-corrected chi connectivity index (χ2v) is 4.20. The summed E-state index contributed by atoms with van der Waals surface area (Å²) in [6.07, 6.45) is 3.77. The van der Waals surface area contributed by atoms with Gasteiger partial charge < -0.3 is 5.11 Å². The molecule has 0 spiro atoms. The summed E-state index contributed by atoms with van der Waals surface area (Å²) in [6, 6.07) is 9.44. The van der Waals surface area contributed by atoms with Crippen LogP contribution >= 0.6 is 0 Å². The molecule has 0 aliphatic rings. The van der Waals surface area contributed by atoms with Crippen molar-refractivity contribution in [2.45, 2.75) is 32.6 Å². The number of ketones is 1. The molecule has 0 amide bonds. The summed E-state index contributed by atoms with van der Waals surface area (Å²) in [5.41, 5.74) is 0.803. The average Bonchev–Trinajstić information content (AvgIpc) is 2.34. The van der Waals surface area contributed by atoms with Crippen molar-refractivity contribution >= 4 is 5.78 Å². The summed E-state index contributed by atoms with van der Waals surface area (Å²) in [4.78, 5) is 12.0. The van der Waals surface area contributed by atoms with Crippen LogP contribution in [0.1, 0.15) is 43.0 Å². The van der Waals surface area contributed by atoms with Crippen LogP contribution in [0, 0.1) is 5.92 Å². The first kappa shape index (κ1) is 12.9. The standard InChI is InChI=1S/C14H20O2/c1-12(8-4-3-7-11-15)14(16)13-9-5-2-6-10-13/h2,5-6,9-10,12,15H,3-4,7-8,11H2,1H3. The second kappa shape index (κ2) is 7.18. The maximum Gasteiger partial charge on any atom is 0.165 e. The van der Waals surface area contributed by atoms with Crippen LogP contribution in [0.25, 0.3) is 0 Å². The van der Waals surface area contributed by atoms with Gasteiger partial charge in [-0.05, 0) is 12.8 Å². The van der Waals surface area contributed by atoms with Gasteiger partial charge in [0.05, 0.1) is 0 Å². The van der Waals surface area contributed by atoms with Gasteiger partial charge in [0, 0.05) is 18.1 Å². The summed E-state index contributed by atoms with van der Waals surface area (Å²) in [6.45, 7) is 2.23. The average molecular weight is 220 g/mol. The van der Waals surface area contributed by atoms with Crippen LogP contribution in [0.4, 0.5) is 0 Å². The fraction of sp³-hybridized carbons (Fsp3) is 0.500. The highest BCUT2D eigenvalue weighted by Gasteiger charge is 2.13. The highest BCUT2D eigenvalue weighted by Crippen LogP contribution is 2.15. The van der Waals surface area contributed by atoms with Gasteiger partial charge in [0.25, 0.3) is 0 Å². The van der Waals surface area contributed by atoms with E-state index < -0.39 is 0 Å². The molecule has 0 heterocycles. The first-order valence-electron chi connectivity index (χ1n) is 5.96. The molecule has 2 heteroatoms. The van der Waals surface area contributed by atoms with Crippen molar-refractivity contribution in [1.82, 2.24) is 0 Å². The van der Waals surface area contributed by atoms with Crippen LogP contribution in [0.5, 0.6) is 0 Å². The van der Waals surface area contributed by atoms with E-state index in [1.165, 1.54) is 0 Å². The number of rotatable bonds is 7. The minimum Gasteiger partial charge on any atom is -0.396 e. The van der Waals surface area contributed by atoms with E-state index in [1.807, 2.05) is 37.3 Å². The normalized spacial score (nSPS) is 12.4. The van der Waals surface area contributed by atoms with Crippen molar-refractivity contribution in [2.75, 3.05) is 6.61 Å². The van der Waals surface area contributed by atoms with Crippen LogP contribution in [-0.4, -0.2) is 17.5 Å². The molecule has 0 saturated carbocycles. The van der Waals surface area contributed by atoms with Crippen LogP contribution in [0.15, 0.2) is 30.3 Å². The Hall–Kier alpha value is -1.15. The van der Waals surface area contributed by atoms with Crippen molar-refractivity contribution in [3.05, 3.63) is 35.9 Å². The second-order valence-electron chi connectivity index (χ2n) is 4.20. The van der Waals surface area contributed by atoms with E-state index in [0.29, 0.717) is 0 Å². The Kier molecular flexibility index (Phi) is 5.79. The van der Waals surface area contributed by atoms with E-state index >= 15 is 0 Å². The quantitative estimate of drug-likeness (QED) is 0.566. The third kappa shape index (κ3) is 4.15. The molecule has 1 rings (SSSR count). The van der Waals surface area contributed by atoms with E-state index in [2.05, 4.69) is 0 Å². The Morgan fingerprint density at radius 2 is 1.88 bits per heavy atom. The molecule has 0 radical (unpaired) electrons. The topological polar surface area (TPSA) is 37.3 Å². The summed E-state index contributed by atoms with van der Waals surface area (Å²) in [7, 11) is 0. The molecule has 1 N–H and O–H groups in total. The predicted octanol–water partition coefficient (Wildman–Crippen LogP) is 3.06. The minimum atomic E-state index is 0.0843. The molecule has 0 fully saturated rings. The Bertz CT molecular complexity index is 306. The summed E-state index contributed by atoms with van der Waals surface area (Å²) < 4.78 is 0. The zero-order valence-electron chi connectivity index (χ0n) is 9.86. The van der Waals surface area contributed by atoms with Gasteiger partial charge in [0.15, 0.2) is 5.78 Å². The lowest BCUT2D eigenvalue weighted by molar-refractivity contribution is 0.0922. The molecule has 16 heavy (non-hydrogen) atoms. The van der Waals surface area contributed by atoms with Gasteiger partial charge in [0.2, 0.25) is 0 Å². The van der Waals surface area contributed by atoms with Crippen molar-refractivity contribution in [2.24, 2.45) is 5.92 Å². The molecule has 0 saturated heterocycles. The van der Waals surface area contributed by atoms with E-state index in [-0.39, 0.29) is 18.3 Å². The maximum atomic E-state index is 12.0. The van der Waals surface area contributed by atoms with Crippen LogP contribution in [0.2, 0.25) is 0 Å². The lowest BCUT2D eigenvalue weighted by Crippen LogP contribution is -2.11. The number of hydrogen-bond donors (Lipinski definition) is 1. The number of unbranched alkanes of at least 4 members (excludes halogenated alkanes) is 2. The molecule has 0 aliphatic carbocycles. The summed E-state index contributed by atoms with van der Waals surface area (Å²) >= 11 is 0. The smallest absolute Gasteiger partial charge is 0.165 e. The fourth-order valence-electron chi connectivity index (χ4n) is 1.76. The van der Waals surface area contributed by atoms with Gasteiger partial charge in [-0.2, -0.15) is 0 Å². The first-order chi connectivity index (χ1) is 7.75. The SMILES string of the molecule is CC(CCCCCO)C(=O)c1ccccc1. The number of aliphatic hydroxyl groups is 1. The first-order valence-corrected chi connectivity index (χ1v) is 5.96. The van der Waals surface area contributed by atoms with E-state index in [0.717, 1.165) is 31.2 Å². The Morgan fingerprint density at radius 1 is 1.19 bits per heavy atom. The van der Waals surface area contributed by atoms with E-state index in [9.17, 15) is 4.79 Å². The van der Waals surface area contributed by atoms with Gasteiger partial charge in [-0.1, -0.05) is 50.1 Å². The van der Waals surface area contributed by atoms with Crippen molar-refractivity contribution < 1.29 is 9.90 Å². The molecule has 1 aromatic rings. The lowest BCUT2D eigenvalue weighted by Gasteiger charge is -2.09. The monoisotopic (exact) mass is 220 g/mol. The van der Waals surface area contributed by atoms with Crippen LogP contribution < -0.4 is 0 Å². The molecule has 0 aliphatic heterocycles. The van der Waals surface area contributed by atoms with Crippen molar-refractivity contribution in [3.63, 3.8) is 0 Å². The van der Waals surface area contributed by atoms with E-state index in [1.54, 1.807) is 0 Å². The molecule has 1 aromatic carbocycles. The fourth-order valence-corrected chi connectivity index (χ4v) is 1.76. The molecule has 2 nitrogen and oxygen atoms in total. The maximum absolute atomic E-state index is 12.0. The van der Waals surface area contributed by atoms with Gasteiger partial charge in [-0.3, -0.25) is 4.79 Å². The van der Waals surface area contributed by atoms with Crippen molar-refractivity contribution in [3.8, 4) is 0 Å². The highest BCUT2D eigenvalue weighted by molar-refractivity contribution is 5.97. The van der Waals surface area contributed by atoms with Gasteiger partial charge in [-0.25, -0.2) is 0 Å². The Labute approximate surface area is 97.3 Å². The zero-order valence-corrected chi connectivity index (χ0v) is 9.86. The number of carbonyl (C=O) groups excluding carboxylic acids is 1. The van der Waals surface area contributed by atoms with E-state index in [4.69, 9.17) is 5.11 Å².